The number of aromatic carboxylic acids is 1. The summed E-state index contributed by atoms with van der Waals surface area (Å²) in [5.41, 5.74) is 0.0435. The Kier molecular flexibility index (Phi) is 4.69. The number of hydrogen-bond donors (Lipinski definition) is 1. The first kappa shape index (κ1) is 16.4. The lowest BCUT2D eigenvalue weighted by Crippen LogP contribution is -2.36. The molecular weight excluding hydrogens is 312 g/mol. The van der Waals surface area contributed by atoms with E-state index in [0.717, 1.165) is 12.8 Å². The van der Waals surface area contributed by atoms with Crippen LogP contribution < -0.4 is 0 Å². The summed E-state index contributed by atoms with van der Waals surface area (Å²) >= 11 is 1.57. The molecule has 2 rings (SSSR count). The Labute approximate surface area is 129 Å². The van der Waals surface area contributed by atoms with E-state index < -0.39 is 16.0 Å². The maximum atomic E-state index is 12.6. The lowest BCUT2D eigenvalue weighted by atomic mass is 10.4. The molecular formula is C13H20N2O4S2. The van der Waals surface area contributed by atoms with Crippen LogP contribution >= 0.6 is 11.8 Å². The van der Waals surface area contributed by atoms with Gasteiger partial charge in [0.25, 0.3) is 0 Å². The Morgan fingerprint density at radius 1 is 1.57 bits per heavy atom. The normalized spacial score (nSPS) is 17.1. The smallest absolute Gasteiger partial charge is 0.352 e. The second-order valence-corrected chi connectivity index (χ2v) is 8.24. The van der Waals surface area contributed by atoms with Crippen molar-refractivity contribution in [2.24, 2.45) is 0 Å². The maximum absolute atomic E-state index is 12.6. The summed E-state index contributed by atoms with van der Waals surface area (Å²) in [5.74, 6) is -0.409. The van der Waals surface area contributed by atoms with Gasteiger partial charge in [-0.2, -0.15) is 16.1 Å². The number of carbonyl (C=O) groups is 1. The second kappa shape index (κ2) is 6.02. The van der Waals surface area contributed by atoms with Crippen LogP contribution in [-0.4, -0.2) is 53.5 Å². The largest absolute Gasteiger partial charge is 0.477 e. The highest BCUT2D eigenvalue weighted by atomic mass is 32.2. The van der Waals surface area contributed by atoms with Crippen LogP contribution in [0.4, 0.5) is 0 Å². The van der Waals surface area contributed by atoms with Crippen LogP contribution in [0, 0.1) is 0 Å². The third-order valence-electron chi connectivity index (χ3n) is 3.69. The van der Waals surface area contributed by atoms with Gasteiger partial charge in [-0.1, -0.05) is 0 Å². The predicted molar refractivity (Wildman–Crippen MR) is 82.5 cm³/mol. The van der Waals surface area contributed by atoms with Crippen molar-refractivity contribution in [2.75, 3.05) is 19.1 Å². The molecule has 118 valence electrons. The summed E-state index contributed by atoms with van der Waals surface area (Å²) < 4.78 is 28.1. The molecule has 1 aromatic rings. The van der Waals surface area contributed by atoms with Crippen molar-refractivity contribution in [1.82, 2.24) is 8.87 Å². The molecule has 21 heavy (non-hydrogen) atoms. The summed E-state index contributed by atoms with van der Waals surface area (Å²) in [6.45, 7) is 1.84. The van der Waals surface area contributed by atoms with Gasteiger partial charge in [0.15, 0.2) is 0 Å². The molecule has 1 saturated carbocycles. The van der Waals surface area contributed by atoms with Crippen LogP contribution in [0.1, 0.15) is 36.3 Å². The average molecular weight is 332 g/mol. The minimum absolute atomic E-state index is 0.0435. The highest BCUT2D eigenvalue weighted by molar-refractivity contribution is 7.98. The molecule has 0 aliphatic heterocycles. The van der Waals surface area contributed by atoms with Crippen LogP contribution in [0.15, 0.2) is 17.2 Å². The molecule has 0 amide bonds. The summed E-state index contributed by atoms with van der Waals surface area (Å²) in [5, 5.41) is 9.22. The fourth-order valence-corrected chi connectivity index (χ4v) is 4.36. The van der Waals surface area contributed by atoms with Crippen molar-refractivity contribution in [3.63, 3.8) is 0 Å². The maximum Gasteiger partial charge on any atom is 0.352 e. The Morgan fingerprint density at radius 3 is 2.67 bits per heavy atom. The van der Waals surface area contributed by atoms with E-state index >= 15 is 0 Å². The van der Waals surface area contributed by atoms with E-state index in [1.54, 1.807) is 16.3 Å². The van der Waals surface area contributed by atoms with E-state index in [4.69, 9.17) is 0 Å². The highest BCUT2D eigenvalue weighted by Crippen LogP contribution is 2.37. The summed E-state index contributed by atoms with van der Waals surface area (Å²) in [7, 11) is -2.13. The van der Waals surface area contributed by atoms with E-state index in [1.165, 1.54) is 23.6 Å². The minimum Gasteiger partial charge on any atom is -0.477 e. The van der Waals surface area contributed by atoms with Crippen LogP contribution in [0.25, 0.3) is 0 Å². The van der Waals surface area contributed by atoms with Crippen LogP contribution in [0.2, 0.25) is 0 Å². The second-order valence-electron chi connectivity index (χ2n) is 5.33. The predicted octanol–water partition coefficient (Wildman–Crippen LogP) is 1.89. The molecule has 1 heterocycles. The Bertz CT molecular complexity index is 635. The molecule has 1 N–H and O–H groups in total. The van der Waals surface area contributed by atoms with Gasteiger partial charge in [0.05, 0.1) is 0 Å². The molecule has 1 aliphatic rings. The van der Waals surface area contributed by atoms with Crippen LogP contribution in [0.3, 0.4) is 0 Å². The molecule has 8 heteroatoms. The molecule has 0 saturated heterocycles. The van der Waals surface area contributed by atoms with Crippen LogP contribution in [-0.2, 0) is 10.0 Å². The molecule has 1 aliphatic carbocycles. The van der Waals surface area contributed by atoms with Gasteiger partial charge in [-0.15, -0.1) is 0 Å². The molecule has 0 spiro atoms. The quantitative estimate of drug-likeness (QED) is 0.825. The zero-order valence-corrected chi connectivity index (χ0v) is 13.9. The average Bonchev–Trinajstić information content (AvgIpc) is 3.15. The Balaban J connectivity index is 2.36. The van der Waals surface area contributed by atoms with Gasteiger partial charge in [0, 0.05) is 31.1 Å². The van der Waals surface area contributed by atoms with Gasteiger partial charge in [-0.3, -0.25) is 0 Å². The Morgan fingerprint density at radius 2 is 2.19 bits per heavy atom. The minimum atomic E-state index is -3.67. The van der Waals surface area contributed by atoms with Crippen molar-refractivity contribution >= 4 is 27.8 Å². The van der Waals surface area contributed by atoms with Gasteiger partial charge >= 0.3 is 5.97 Å². The first-order chi connectivity index (χ1) is 9.78. The fraction of sp³-hybridized carbons (Fsp3) is 0.615. The van der Waals surface area contributed by atoms with Crippen molar-refractivity contribution in [3.05, 3.63) is 18.0 Å². The van der Waals surface area contributed by atoms with Crippen molar-refractivity contribution in [1.29, 1.82) is 0 Å². The van der Waals surface area contributed by atoms with Gasteiger partial charge in [-0.05, 0) is 32.1 Å². The van der Waals surface area contributed by atoms with E-state index in [0.29, 0.717) is 5.75 Å². The summed E-state index contributed by atoms with van der Waals surface area (Å²) in [4.78, 5) is 11.3. The van der Waals surface area contributed by atoms with Crippen molar-refractivity contribution in [3.8, 4) is 0 Å². The summed E-state index contributed by atoms with van der Waals surface area (Å²) in [6, 6.07) is 1.23. The number of thioether (sulfide) groups is 1. The first-order valence-corrected chi connectivity index (χ1v) is 9.54. The van der Waals surface area contributed by atoms with Crippen molar-refractivity contribution in [2.45, 2.75) is 36.7 Å². The number of carboxylic acid groups (broad SMARTS) is 1. The molecule has 6 nitrogen and oxygen atoms in total. The third-order valence-corrected chi connectivity index (χ3v) is 6.44. The first-order valence-electron chi connectivity index (χ1n) is 6.71. The lowest BCUT2D eigenvalue weighted by molar-refractivity contribution is 0.0685. The number of rotatable bonds is 7. The standard InChI is InChI=1S/C13H20N2O4S2/c1-9(8-20-3)14(2)21(18,19)11-6-12(13(16)17)15(7-11)10-4-5-10/h6-7,9-10H,4-5,8H2,1-3H3,(H,16,17). The third kappa shape index (κ3) is 3.27. The van der Waals surface area contributed by atoms with Gasteiger partial charge in [0.2, 0.25) is 10.0 Å². The number of nitrogens with zero attached hydrogens (tertiary/aromatic N) is 2. The zero-order valence-electron chi connectivity index (χ0n) is 12.3. The fourth-order valence-electron chi connectivity index (χ4n) is 2.17. The number of aromatic nitrogens is 1. The molecule has 0 bridgehead atoms. The number of carboxylic acids is 1. The molecule has 1 atom stereocenters. The van der Waals surface area contributed by atoms with Crippen LogP contribution in [0.5, 0.6) is 0 Å². The lowest BCUT2D eigenvalue weighted by Gasteiger charge is -2.23. The SMILES string of the molecule is CSCC(C)N(C)S(=O)(=O)c1cc(C(=O)O)n(C2CC2)c1. The number of sulfonamides is 1. The topological polar surface area (TPSA) is 79.6 Å². The number of hydrogen-bond acceptors (Lipinski definition) is 4. The van der Waals surface area contributed by atoms with Gasteiger partial charge in [0.1, 0.15) is 10.6 Å². The Hall–Kier alpha value is -0.990. The van der Waals surface area contributed by atoms with E-state index in [-0.39, 0.29) is 22.7 Å². The van der Waals surface area contributed by atoms with E-state index in [2.05, 4.69) is 0 Å². The molecule has 0 aromatic carbocycles. The monoisotopic (exact) mass is 332 g/mol. The van der Waals surface area contributed by atoms with E-state index in [1.807, 2.05) is 13.2 Å². The van der Waals surface area contributed by atoms with E-state index in [9.17, 15) is 18.3 Å². The molecule has 1 unspecified atom stereocenters. The van der Waals surface area contributed by atoms with Crippen molar-refractivity contribution < 1.29 is 18.3 Å². The van der Waals surface area contributed by atoms with Gasteiger partial charge in [-0.25, -0.2) is 13.2 Å². The zero-order chi connectivity index (χ0) is 15.8. The summed E-state index contributed by atoms with van der Waals surface area (Å²) in [6.07, 6.45) is 5.17. The van der Waals surface area contributed by atoms with Gasteiger partial charge < -0.3 is 9.67 Å². The molecule has 1 fully saturated rings. The molecule has 1 aromatic heterocycles. The highest BCUT2D eigenvalue weighted by Gasteiger charge is 2.32. The molecule has 0 radical (unpaired) electrons.